The molecular weight excluding hydrogens is 258 g/mol. The Bertz CT molecular complexity index is 459. The fourth-order valence-corrected chi connectivity index (χ4v) is 3.92. The van der Waals surface area contributed by atoms with Gasteiger partial charge in [0.2, 0.25) is 0 Å². The predicted molar refractivity (Wildman–Crippen MR) is 72.0 cm³/mol. The summed E-state index contributed by atoms with van der Waals surface area (Å²) >= 11 is 0. The van der Waals surface area contributed by atoms with Gasteiger partial charge in [0.05, 0.1) is 19.3 Å². The third-order valence-electron chi connectivity index (χ3n) is 4.92. The molecule has 3 aliphatic heterocycles. The summed E-state index contributed by atoms with van der Waals surface area (Å²) < 4.78 is 10.7. The van der Waals surface area contributed by atoms with Gasteiger partial charge < -0.3 is 14.4 Å². The van der Waals surface area contributed by atoms with Gasteiger partial charge in [0, 0.05) is 17.7 Å². The van der Waals surface area contributed by atoms with Crippen molar-refractivity contribution in [2.75, 3.05) is 7.11 Å². The van der Waals surface area contributed by atoms with E-state index in [1.807, 2.05) is 6.92 Å². The van der Waals surface area contributed by atoms with E-state index in [0.29, 0.717) is 6.42 Å². The summed E-state index contributed by atoms with van der Waals surface area (Å²) in [6.45, 7) is 1.96. The van der Waals surface area contributed by atoms with Crippen LogP contribution in [0.4, 0.5) is 4.79 Å². The molecule has 0 aromatic carbocycles. The van der Waals surface area contributed by atoms with Crippen molar-refractivity contribution in [1.29, 1.82) is 0 Å². The normalized spacial score (nSPS) is 35.8. The number of fused-ring (bicyclic) bond motifs is 4. The lowest BCUT2D eigenvalue weighted by molar-refractivity contribution is -0.127. The van der Waals surface area contributed by atoms with E-state index in [-0.39, 0.29) is 36.0 Å². The number of methoxy groups -OCH3 is 1. The van der Waals surface area contributed by atoms with Gasteiger partial charge in [0.1, 0.15) is 6.10 Å². The van der Waals surface area contributed by atoms with Gasteiger partial charge in [0.15, 0.2) is 5.78 Å². The monoisotopic (exact) mass is 279 g/mol. The van der Waals surface area contributed by atoms with Gasteiger partial charge in [0.25, 0.3) is 0 Å². The average Bonchev–Trinajstić information content (AvgIpc) is 2.78. The molecule has 0 radical (unpaired) electrons. The van der Waals surface area contributed by atoms with Gasteiger partial charge in [-0.25, -0.2) is 4.79 Å². The van der Waals surface area contributed by atoms with E-state index < -0.39 is 0 Å². The number of Topliss-reactive ketones (excluding diaryl/α,β-unsaturated/α-hetero) is 1. The molecule has 0 saturated carbocycles. The molecular formula is C15H21NO4. The highest BCUT2D eigenvalue weighted by atomic mass is 16.5. The van der Waals surface area contributed by atoms with Crippen molar-refractivity contribution in [2.45, 2.75) is 57.2 Å². The Balaban J connectivity index is 1.94. The highest BCUT2D eigenvalue weighted by Crippen LogP contribution is 2.42. The lowest BCUT2D eigenvalue weighted by Gasteiger charge is -2.35. The second kappa shape index (κ2) is 5.11. The van der Waals surface area contributed by atoms with Crippen LogP contribution in [-0.2, 0) is 14.3 Å². The molecule has 0 unspecified atom stereocenters. The van der Waals surface area contributed by atoms with Crippen LogP contribution in [0.1, 0.15) is 39.0 Å². The number of allylic oxidation sites excluding steroid dienone is 1. The summed E-state index contributed by atoms with van der Waals surface area (Å²) in [4.78, 5) is 26.5. The molecule has 3 heterocycles. The lowest BCUT2D eigenvalue weighted by Crippen LogP contribution is -2.49. The van der Waals surface area contributed by atoms with Crippen LogP contribution in [0.2, 0.25) is 0 Å². The third-order valence-corrected chi connectivity index (χ3v) is 4.92. The smallest absolute Gasteiger partial charge is 0.410 e. The second-order valence-corrected chi connectivity index (χ2v) is 5.81. The zero-order chi connectivity index (χ0) is 14.3. The molecule has 3 aliphatic rings. The van der Waals surface area contributed by atoms with E-state index in [0.717, 1.165) is 31.3 Å². The van der Waals surface area contributed by atoms with Crippen molar-refractivity contribution in [3.05, 3.63) is 11.8 Å². The molecule has 0 aromatic heterocycles. The maximum atomic E-state index is 12.7. The summed E-state index contributed by atoms with van der Waals surface area (Å²) in [7, 11) is 1.40. The molecule has 2 bridgehead atoms. The van der Waals surface area contributed by atoms with E-state index in [1.165, 1.54) is 7.11 Å². The highest BCUT2D eigenvalue weighted by Gasteiger charge is 2.51. The molecule has 0 N–H and O–H groups in total. The number of carbonyl (C=O) groups excluding carboxylic acids is 2. The Morgan fingerprint density at radius 3 is 2.85 bits per heavy atom. The number of hydrogen-bond donors (Lipinski definition) is 0. The van der Waals surface area contributed by atoms with Crippen molar-refractivity contribution in [3.8, 4) is 0 Å². The zero-order valence-electron chi connectivity index (χ0n) is 12.0. The van der Waals surface area contributed by atoms with Gasteiger partial charge in [-0.15, -0.1) is 0 Å². The van der Waals surface area contributed by atoms with Crippen molar-refractivity contribution in [3.63, 3.8) is 0 Å². The fourth-order valence-electron chi connectivity index (χ4n) is 3.92. The standard InChI is InChI=1S/C15H21NO4/c1-3-9-8-20-12-7-5-10-4-6-11(13(12)14(9)17)16(10)15(18)19-2/h8,10-13H,3-7H2,1-2H3/t10-,11+,12-,13+/m0/s1. The first-order valence-electron chi connectivity index (χ1n) is 7.42. The Labute approximate surface area is 118 Å². The molecule has 5 heteroatoms. The summed E-state index contributed by atoms with van der Waals surface area (Å²) in [5.74, 6) is -0.0632. The minimum atomic E-state index is -0.307. The van der Waals surface area contributed by atoms with E-state index in [2.05, 4.69) is 0 Å². The van der Waals surface area contributed by atoms with Crippen molar-refractivity contribution in [2.24, 2.45) is 5.92 Å². The maximum Gasteiger partial charge on any atom is 0.410 e. The minimum Gasteiger partial charge on any atom is -0.497 e. The van der Waals surface area contributed by atoms with Crippen LogP contribution < -0.4 is 0 Å². The number of rotatable bonds is 1. The number of amides is 1. The largest absolute Gasteiger partial charge is 0.497 e. The molecule has 0 aliphatic carbocycles. The van der Waals surface area contributed by atoms with Crippen molar-refractivity contribution in [1.82, 2.24) is 4.90 Å². The van der Waals surface area contributed by atoms with Gasteiger partial charge in [-0.3, -0.25) is 4.79 Å². The third kappa shape index (κ3) is 1.91. The van der Waals surface area contributed by atoms with Gasteiger partial charge in [-0.2, -0.15) is 0 Å². The van der Waals surface area contributed by atoms with Crippen LogP contribution in [0, 0.1) is 5.92 Å². The molecule has 2 fully saturated rings. The minimum absolute atomic E-state index is 0.0669. The first-order valence-corrected chi connectivity index (χ1v) is 7.42. The summed E-state index contributed by atoms with van der Waals surface area (Å²) in [6.07, 6.45) is 5.46. The van der Waals surface area contributed by atoms with Gasteiger partial charge >= 0.3 is 6.09 Å². The van der Waals surface area contributed by atoms with Crippen LogP contribution in [0.15, 0.2) is 11.8 Å². The van der Waals surface area contributed by atoms with Crippen molar-refractivity contribution < 1.29 is 19.1 Å². The van der Waals surface area contributed by atoms with Gasteiger partial charge in [-0.05, 0) is 32.1 Å². The van der Waals surface area contributed by atoms with E-state index in [4.69, 9.17) is 9.47 Å². The molecule has 2 saturated heterocycles. The molecule has 20 heavy (non-hydrogen) atoms. The summed E-state index contributed by atoms with van der Waals surface area (Å²) in [6, 6.07) is 0.127. The van der Waals surface area contributed by atoms with Gasteiger partial charge in [-0.1, -0.05) is 6.92 Å². The van der Waals surface area contributed by atoms with Crippen LogP contribution in [0.25, 0.3) is 0 Å². The number of ether oxygens (including phenoxy) is 2. The Hall–Kier alpha value is -1.52. The number of nitrogens with zero attached hydrogens (tertiary/aromatic N) is 1. The maximum absolute atomic E-state index is 12.7. The molecule has 4 atom stereocenters. The Kier molecular flexibility index (Phi) is 3.44. The Morgan fingerprint density at radius 1 is 1.40 bits per heavy atom. The zero-order valence-corrected chi connectivity index (χ0v) is 12.0. The fraction of sp³-hybridized carbons (Fsp3) is 0.733. The first kappa shape index (κ1) is 13.5. The summed E-state index contributed by atoms with van der Waals surface area (Å²) in [5, 5.41) is 0. The SMILES string of the molecule is CCC1=CO[C@H]2CC[C@@H]3CC[C@H]([C@H]2C1=O)N3C(=O)OC. The molecule has 5 nitrogen and oxygen atoms in total. The average molecular weight is 279 g/mol. The molecule has 1 amide bonds. The lowest BCUT2D eigenvalue weighted by atomic mass is 9.81. The van der Waals surface area contributed by atoms with Crippen LogP contribution in [0.3, 0.4) is 0 Å². The van der Waals surface area contributed by atoms with Crippen LogP contribution >= 0.6 is 0 Å². The number of hydrogen-bond acceptors (Lipinski definition) is 4. The molecule has 3 rings (SSSR count). The highest BCUT2D eigenvalue weighted by molar-refractivity contribution is 5.98. The van der Waals surface area contributed by atoms with Crippen LogP contribution in [-0.4, -0.2) is 42.1 Å². The molecule has 0 aromatic rings. The van der Waals surface area contributed by atoms with Crippen molar-refractivity contribution >= 4 is 11.9 Å². The quantitative estimate of drug-likeness (QED) is 0.738. The van der Waals surface area contributed by atoms with E-state index in [1.54, 1.807) is 11.2 Å². The number of ketones is 1. The van der Waals surface area contributed by atoms with E-state index >= 15 is 0 Å². The topological polar surface area (TPSA) is 55.8 Å². The first-order chi connectivity index (χ1) is 9.67. The molecule has 110 valence electrons. The van der Waals surface area contributed by atoms with E-state index in [9.17, 15) is 9.59 Å². The summed E-state index contributed by atoms with van der Waals surface area (Å²) in [5.41, 5.74) is 0.737. The predicted octanol–water partition coefficient (Wildman–Crippen LogP) is 2.26. The Morgan fingerprint density at radius 2 is 2.15 bits per heavy atom. The number of carbonyl (C=O) groups is 2. The molecule has 0 spiro atoms. The van der Waals surface area contributed by atoms with Crippen LogP contribution in [0.5, 0.6) is 0 Å². The second-order valence-electron chi connectivity index (χ2n) is 5.81.